The van der Waals surface area contributed by atoms with Gasteiger partial charge in [0.25, 0.3) is 0 Å². The molecule has 0 fully saturated rings. The van der Waals surface area contributed by atoms with Crippen LogP contribution in [0.3, 0.4) is 0 Å². The number of aryl methyl sites for hydroxylation is 1. The molecule has 0 amide bonds. The molecule has 0 saturated carbocycles. The topological polar surface area (TPSA) is 47.7 Å². The van der Waals surface area contributed by atoms with Crippen LogP contribution in [0.4, 0.5) is 0 Å². The lowest BCUT2D eigenvalue weighted by Gasteiger charge is -2.14. The molecule has 5 heteroatoms. The number of nitrogens with one attached hydrogen (secondary N) is 1. The maximum absolute atomic E-state index is 4.43. The minimum Gasteiger partial charge on any atom is -0.310 e. The summed E-state index contributed by atoms with van der Waals surface area (Å²) in [6.45, 7) is 6.16. The van der Waals surface area contributed by atoms with Crippen molar-refractivity contribution in [2.24, 2.45) is 7.05 Å². The van der Waals surface area contributed by atoms with Crippen LogP contribution in [0.2, 0.25) is 0 Å². The standard InChI is InChI=1S/C14H23N5/c1-4-7-15-14(5-2)12-9-16-19(10-12)11-13-6-8-18(3)17-13/h6,8-10,14-15H,4-5,7,11H2,1-3H3. The number of rotatable bonds is 7. The smallest absolute Gasteiger partial charge is 0.0849 e. The van der Waals surface area contributed by atoms with Crippen molar-refractivity contribution in [2.75, 3.05) is 6.54 Å². The number of hydrogen-bond acceptors (Lipinski definition) is 3. The van der Waals surface area contributed by atoms with E-state index in [0.29, 0.717) is 6.04 Å². The van der Waals surface area contributed by atoms with Gasteiger partial charge in [0.15, 0.2) is 0 Å². The van der Waals surface area contributed by atoms with E-state index in [1.807, 2.05) is 34.9 Å². The number of aromatic nitrogens is 4. The SMILES string of the molecule is CCCNC(CC)c1cnn(Cc2ccn(C)n2)c1. The summed E-state index contributed by atoms with van der Waals surface area (Å²) in [4.78, 5) is 0. The van der Waals surface area contributed by atoms with E-state index in [-0.39, 0.29) is 0 Å². The Labute approximate surface area is 114 Å². The molecular formula is C14H23N5. The molecule has 104 valence electrons. The zero-order chi connectivity index (χ0) is 13.7. The molecule has 1 atom stereocenters. The lowest BCUT2D eigenvalue weighted by atomic mass is 10.1. The fraction of sp³-hybridized carbons (Fsp3) is 0.571. The zero-order valence-electron chi connectivity index (χ0n) is 12.0. The molecule has 5 nitrogen and oxygen atoms in total. The Morgan fingerprint density at radius 1 is 1.37 bits per heavy atom. The first-order chi connectivity index (χ1) is 9.22. The summed E-state index contributed by atoms with van der Waals surface area (Å²) < 4.78 is 3.77. The lowest BCUT2D eigenvalue weighted by molar-refractivity contribution is 0.517. The van der Waals surface area contributed by atoms with Crippen LogP contribution in [0.1, 0.15) is 44.0 Å². The van der Waals surface area contributed by atoms with Crippen LogP contribution < -0.4 is 5.32 Å². The second kappa shape index (κ2) is 6.52. The van der Waals surface area contributed by atoms with Gasteiger partial charge >= 0.3 is 0 Å². The normalized spacial score (nSPS) is 12.8. The molecule has 0 radical (unpaired) electrons. The molecule has 0 bridgehead atoms. The van der Waals surface area contributed by atoms with Crippen LogP contribution in [0.5, 0.6) is 0 Å². The van der Waals surface area contributed by atoms with Crippen LogP contribution >= 0.6 is 0 Å². The minimum atomic E-state index is 0.400. The molecule has 0 aliphatic carbocycles. The Morgan fingerprint density at radius 2 is 2.21 bits per heavy atom. The number of hydrogen-bond donors (Lipinski definition) is 1. The quantitative estimate of drug-likeness (QED) is 0.830. The summed E-state index contributed by atoms with van der Waals surface area (Å²) in [6.07, 6.45) is 8.26. The third kappa shape index (κ3) is 3.67. The van der Waals surface area contributed by atoms with Gasteiger partial charge in [-0.3, -0.25) is 9.36 Å². The second-order valence-electron chi connectivity index (χ2n) is 4.87. The Hall–Kier alpha value is -1.62. The highest BCUT2D eigenvalue weighted by atomic mass is 15.3. The van der Waals surface area contributed by atoms with Gasteiger partial charge < -0.3 is 5.32 Å². The van der Waals surface area contributed by atoms with Gasteiger partial charge in [-0.2, -0.15) is 10.2 Å². The summed E-state index contributed by atoms with van der Waals surface area (Å²) in [7, 11) is 1.93. The zero-order valence-corrected chi connectivity index (χ0v) is 12.0. The highest BCUT2D eigenvalue weighted by molar-refractivity contribution is 5.11. The second-order valence-corrected chi connectivity index (χ2v) is 4.87. The van der Waals surface area contributed by atoms with Crippen LogP contribution in [0, 0.1) is 0 Å². The van der Waals surface area contributed by atoms with Gasteiger partial charge in [0.05, 0.1) is 18.4 Å². The number of nitrogens with zero attached hydrogens (tertiary/aromatic N) is 4. The van der Waals surface area contributed by atoms with Gasteiger partial charge in [-0.05, 0) is 25.5 Å². The average Bonchev–Trinajstić information content (AvgIpc) is 3.01. The van der Waals surface area contributed by atoms with Crippen LogP contribution in [0.15, 0.2) is 24.7 Å². The van der Waals surface area contributed by atoms with Crippen molar-refractivity contribution in [3.8, 4) is 0 Å². The van der Waals surface area contributed by atoms with Crippen molar-refractivity contribution < 1.29 is 0 Å². The summed E-state index contributed by atoms with van der Waals surface area (Å²) in [5, 5.41) is 12.3. The van der Waals surface area contributed by atoms with E-state index in [1.165, 1.54) is 5.56 Å². The Balaban J connectivity index is 2.01. The van der Waals surface area contributed by atoms with Crippen molar-refractivity contribution in [1.82, 2.24) is 24.9 Å². The molecule has 0 aromatic carbocycles. The predicted octanol–water partition coefficient (Wildman–Crippen LogP) is 2.12. The third-order valence-electron chi connectivity index (χ3n) is 3.20. The molecule has 1 N–H and O–H groups in total. The molecule has 2 aromatic heterocycles. The highest BCUT2D eigenvalue weighted by Gasteiger charge is 2.10. The average molecular weight is 261 g/mol. The lowest BCUT2D eigenvalue weighted by Crippen LogP contribution is -2.21. The van der Waals surface area contributed by atoms with E-state index in [2.05, 4.69) is 35.6 Å². The maximum Gasteiger partial charge on any atom is 0.0849 e. The molecule has 0 aliphatic rings. The molecule has 0 spiro atoms. The Morgan fingerprint density at radius 3 is 2.84 bits per heavy atom. The van der Waals surface area contributed by atoms with Gasteiger partial charge in [-0.25, -0.2) is 0 Å². The monoisotopic (exact) mass is 261 g/mol. The summed E-state index contributed by atoms with van der Waals surface area (Å²) >= 11 is 0. The summed E-state index contributed by atoms with van der Waals surface area (Å²) in [5.41, 5.74) is 2.29. The van der Waals surface area contributed by atoms with E-state index in [1.54, 1.807) is 0 Å². The van der Waals surface area contributed by atoms with Crippen molar-refractivity contribution in [3.63, 3.8) is 0 Å². The Kier molecular flexibility index (Phi) is 4.74. The molecule has 0 saturated heterocycles. The van der Waals surface area contributed by atoms with Gasteiger partial charge in [0.2, 0.25) is 0 Å². The molecule has 19 heavy (non-hydrogen) atoms. The van der Waals surface area contributed by atoms with Gasteiger partial charge in [-0.1, -0.05) is 13.8 Å². The molecule has 0 aliphatic heterocycles. The Bertz CT molecular complexity index is 499. The molecule has 1 unspecified atom stereocenters. The highest BCUT2D eigenvalue weighted by Crippen LogP contribution is 2.15. The predicted molar refractivity (Wildman–Crippen MR) is 75.9 cm³/mol. The largest absolute Gasteiger partial charge is 0.310 e. The van der Waals surface area contributed by atoms with E-state index >= 15 is 0 Å². The van der Waals surface area contributed by atoms with Crippen molar-refractivity contribution in [1.29, 1.82) is 0 Å². The van der Waals surface area contributed by atoms with E-state index < -0.39 is 0 Å². The maximum atomic E-state index is 4.43. The van der Waals surface area contributed by atoms with Crippen LogP contribution in [0.25, 0.3) is 0 Å². The first-order valence-corrected chi connectivity index (χ1v) is 6.97. The molecule has 2 heterocycles. The van der Waals surface area contributed by atoms with E-state index in [9.17, 15) is 0 Å². The van der Waals surface area contributed by atoms with E-state index in [4.69, 9.17) is 0 Å². The first kappa shape index (κ1) is 13.8. The minimum absolute atomic E-state index is 0.400. The van der Waals surface area contributed by atoms with Gasteiger partial charge in [-0.15, -0.1) is 0 Å². The van der Waals surface area contributed by atoms with Crippen molar-refractivity contribution in [2.45, 2.75) is 39.3 Å². The van der Waals surface area contributed by atoms with Crippen molar-refractivity contribution >= 4 is 0 Å². The van der Waals surface area contributed by atoms with Crippen LogP contribution in [-0.2, 0) is 13.6 Å². The molecule has 2 rings (SSSR count). The summed E-state index contributed by atoms with van der Waals surface area (Å²) in [6, 6.07) is 2.42. The van der Waals surface area contributed by atoms with Crippen LogP contribution in [-0.4, -0.2) is 26.1 Å². The van der Waals surface area contributed by atoms with E-state index in [0.717, 1.165) is 31.6 Å². The van der Waals surface area contributed by atoms with Crippen molar-refractivity contribution in [3.05, 3.63) is 35.9 Å². The molecular weight excluding hydrogens is 238 g/mol. The third-order valence-corrected chi connectivity index (χ3v) is 3.20. The van der Waals surface area contributed by atoms with Gasteiger partial charge in [0.1, 0.15) is 0 Å². The molecule has 2 aromatic rings. The fourth-order valence-electron chi connectivity index (χ4n) is 2.18. The summed E-state index contributed by atoms with van der Waals surface area (Å²) in [5.74, 6) is 0. The van der Waals surface area contributed by atoms with Gasteiger partial charge in [0, 0.05) is 31.0 Å². The fourth-order valence-corrected chi connectivity index (χ4v) is 2.18. The first-order valence-electron chi connectivity index (χ1n) is 6.97.